The number of hydrogen-bond donors (Lipinski definition) is 1. The summed E-state index contributed by atoms with van der Waals surface area (Å²) in [6.07, 6.45) is 6.26. The van der Waals surface area contributed by atoms with Crippen LogP contribution in [0.15, 0.2) is 47.5 Å². The summed E-state index contributed by atoms with van der Waals surface area (Å²) >= 11 is 5.96. The maximum Gasteiger partial charge on any atom is 0.274 e. The largest absolute Gasteiger partial charge is 0.357 e. The van der Waals surface area contributed by atoms with E-state index in [-0.39, 0.29) is 17.5 Å². The van der Waals surface area contributed by atoms with E-state index in [0.717, 1.165) is 43.9 Å². The number of hydrogen-bond acceptors (Lipinski definition) is 3. The van der Waals surface area contributed by atoms with Crippen molar-refractivity contribution < 1.29 is 4.79 Å². The number of piperidine rings is 1. The second-order valence-corrected chi connectivity index (χ2v) is 8.53. The third-order valence-corrected chi connectivity index (χ3v) is 6.43. The van der Waals surface area contributed by atoms with Gasteiger partial charge in [0.1, 0.15) is 5.52 Å². The Balaban J connectivity index is 1.37. The molecule has 4 rings (SSSR count). The lowest BCUT2D eigenvalue weighted by Gasteiger charge is -2.37. The molecule has 0 saturated carbocycles. The Kier molecular flexibility index (Phi) is 5.97. The summed E-state index contributed by atoms with van der Waals surface area (Å²) in [6.45, 7) is 2.96. The van der Waals surface area contributed by atoms with Crippen molar-refractivity contribution in [2.45, 2.75) is 25.3 Å². The lowest BCUT2D eigenvalue weighted by molar-refractivity contribution is 0.0644. The van der Waals surface area contributed by atoms with Gasteiger partial charge in [-0.25, -0.2) is 0 Å². The van der Waals surface area contributed by atoms with Crippen molar-refractivity contribution in [3.8, 4) is 0 Å². The van der Waals surface area contributed by atoms with Gasteiger partial charge in [-0.2, -0.15) is 0 Å². The molecule has 1 saturated heterocycles. The van der Waals surface area contributed by atoms with Gasteiger partial charge in [-0.15, -0.1) is 0 Å². The monoisotopic (exact) mass is 426 g/mol. The van der Waals surface area contributed by atoms with Crippen LogP contribution < -0.4 is 5.56 Å². The molecule has 158 valence electrons. The second-order valence-electron chi connectivity index (χ2n) is 8.09. The predicted molar refractivity (Wildman–Crippen MR) is 120 cm³/mol. The number of nitrogens with zero attached hydrogens (tertiary/aromatic N) is 3. The van der Waals surface area contributed by atoms with Gasteiger partial charge in [0.25, 0.3) is 11.5 Å². The molecule has 6 nitrogen and oxygen atoms in total. The fourth-order valence-corrected chi connectivity index (χ4v) is 4.39. The molecule has 0 bridgehead atoms. The van der Waals surface area contributed by atoms with Crippen LogP contribution in [0.25, 0.3) is 10.9 Å². The summed E-state index contributed by atoms with van der Waals surface area (Å²) in [7, 11) is 3.55. The maximum absolute atomic E-state index is 13.2. The molecule has 1 N–H and O–H groups in total. The number of benzene rings is 1. The van der Waals surface area contributed by atoms with Crippen molar-refractivity contribution in [1.29, 1.82) is 0 Å². The van der Waals surface area contributed by atoms with Gasteiger partial charge in [0.15, 0.2) is 0 Å². The number of carbonyl (C=O) groups excluding carboxylic acids is 1. The lowest BCUT2D eigenvalue weighted by atomic mass is 10.0. The summed E-state index contributed by atoms with van der Waals surface area (Å²) in [5.74, 6) is -0.0326. The first-order valence-electron chi connectivity index (χ1n) is 10.3. The number of likely N-dealkylation sites (tertiary alicyclic amines) is 1. The zero-order chi connectivity index (χ0) is 21.3. The number of carbonyl (C=O) groups is 1. The first-order valence-corrected chi connectivity index (χ1v) is 10.7. The molecule has 2 aromatic heterocycles. The van der Waals surface area contributed by atoms with E-state index in [2.05, 4.69) is 22.0 Å². The number of aromatic nitrogens is 2. The minimum Gasteiger partial charge on any atom is -0.357 e. The minimum atomic E-state index is -0.122. The summed E-state index contributed by atoms with van der Waals surface area (Å²) in [5, 5.41) is 1.46. The van der Waals surface area contributed by atoms with E-state index in [9.17, 15) is 9.59 Å². The number of fused-ring (bicyclic) bond motifs is 1. The Bertz CT molecular complexity index is 1090. The third-order valence-electron chi connectivity index (χ3n) is 6.18. The van der Waals surface area contributed by atoms with Gasteiger partial charge >= 0.3 is 0 Å². The van der Waals surface area contributed by atoms with Gasteiger partial charge in [0, 0.05) is 62.6 Å². The summed E-state index contributed by atoms with van der Waals surface area (Å²) in [6, 6.07) is 10.0. The molecule has 0 spiro atoms. The molecule has 1 amide bonds. The number of H-pyrrole nitrogens is 1. The third kappa shape index (κ3) is 4.16. The van der Waals surface area contributed by atoms with Crippen molar-refractivity contribution in [1.82, 2.24) is 19.4 Å². The fourth-order valence-electron chi connectivity index (χ4n) is 4.26. The molecule has 0 aliphatic carbocycles. The highest BCUT2D eigenvalue weighted by molar-refractivity contribution is 6.30. The first-order chi connectivity index (χ1) is 14.4. The highest BCUT2D eigenvalue weighted by atomic mass is 35.5. The van der Waals surface area contributed by atoms with Gasteiger partial charge in [-0.3, -0.25) is 9.59 Å². The maximum atomic E-state index is 13.2. The zero-order valence-electron chi connectivity index (χ0n) is 17.4. The molecule has 1 aromatic carbocycles. The van der Waals surface area contributed by atoms with Crippen molar-refractivity contribution in [2.75, 3.05) is 26.7 Å². The average Bonchev–Trinajstić information content (AvgIpc) is 3.25. The molecular formula is C23H27ClN4O2. The first kappa shape index (κ1) is 20.7. The van der Waals surface area contributed by atoms with Crippen LogP contribution in [0.5, 0.6) is 0 Å². The van der Waals surface area contributed by atoms with Crippen molar-refractivity contribution in [2.24, 2.45) is 7.05 Å². The van der Waals surface area contributed by atoms with Crippen LogP contribution in [-0.4, -0.2) is 58.0 Å². The molecule has 0 atom stereocenters. The smallest absolute Gasteiger partial charge is 0.274 e. The van der Waals surface area contributed by atoms with E-state index in [4.69, 9.17) is 11.6 Å². The standard InChI is InChI=1S/C23H27ClN4O2/c1-26-15-20(19-7-11-25-21(19)23(26)30)22(29)27(2)18-9-13-28(14-10-18)12-8-16-3-5-17(24)6-4-16/h3-7,11,15,18,25H,8-10,12-14H2,1-2H3. The van der Waals surface area contributed by atoms with Gasteiger partial charge in [0.05, 0.1) is 5.56 Å². The van der Waals surface area contributed by atoms with E-state index >= 15 is 0 Å². The lowest BCUT2D eigenvalue weighted by Crippen LogP contribution is -2.46. The number of halogens is 1. The number of amides is 1. The van der Waals surface area contributed by atoms with Crippen molar-refractivity contribution in [3.63, 3.8) is 0 Å². The van der Waals surface area contributed by atoms with Crippen LogP contribution in [0, 0.1) is 0 Å². The molecular weight excluding hydrogens is 400 g/mol. The van der Waals surface area contributed by atoms with E-state index < -0.39 is 0 Å². The number of nitrogens with one attached hydrogen (secondary N) is 1. The average molecular weight is 427 g/mol. The van der Waals surface area contributed by atoms with E-state index in [1.165, 1.54) is 10.1 Å². The Morgan fingerprint density at radius 2 is 1.90 bits per heavy atom. The molecule has 3 heterocycles. The predicted octanol–water partition coefficient (Wildman–Crippen LogP) is 3.30. The fraction of sp³-hybridized carbons (Fsp3) is 0.391. The molecule has 30 heavy (non-hydrogen) atoms. The van der Waals surface area contributed by atoms with E-state index in [0.29, 0.717) is 16.5 Å². The van der Waals surface area contributed by atoms with E-state index in [1.54, 1.807) is 25.5 Å². The minimum absolute atomic E-state index is 0.0326. The number of rotatable bonds is 5. The Hall–Kier alpha value is -2.57. The van der Waals surface area contributed by atoms with Crippen LogP contribution in [0.4, 0.5) is 0 Å². The van der Waals surface area contributed by atoms with Gasteiger partial charge < -0.3 is 19.4 Å². The number of aryl methyl sites for hydroxylation is 1. The van der Waals surface area contributed by atoms with Gasteiger partial charge in [-0.1, -0.05) is 23.7 Å². The SMILES string of the molecule is CN(C(=O)c1cn(C)c(=O)c2[nH]ccc12)C1CCN(CCc2ccc(Cl)cc2)CC1. The summed E-state index contributed by atoms with van der Waals surface area (Å²) in [4.78, 5) is 32.7. The van der Waals surface area contributed by atoms with Crippen LogP contribution >= 0.6 is 11.6 Å². The van der Waals surface area contributed by atoms with Gasteiger partial charge in [0.2, 0.25) is 0 Å². The molecule has 0 unspecified atom stereocenters. The van der Waals surface area contributed by atoms with Crippen LogP contribution in [-0.2, 0) is 13.5 Å². The molecule has 0 radical (unpaired) electrons. The van der Waals surface area contributed by atoms with Crippen molar-refractivity contribution in [3.05, 3.63) is 69.2 Å². The molecule has 3 aromatic rings. The highest BCUT2D eigenvalue weighted by Gasteiger charge is 2.27. The van der Waals surface area contributed by atoms with Crippen LogP contribution in [0.2, 0.25) is 5.02 Å². The molecule has 1 aliphatic rings. The molecule has 7 heteroatoms. The quantitative estimate of drug-likeness (QED) is 0.681. The highest BCUT2D eigenvalue weighted by Crippen LogP contribution is 2.21. The Morgan fingerprint density at radius 1 is 1.20 bits per heavy atom. The topological polar surface area (TPSA) is 61.3 Å². The van der Waals surface area contributed by atoms with Crippen LogP contribution in [0.1, 0.15) is 28.8 Å². The molecule has 1 aliphatic heterocycles. The number of aromatic amines is 1. The number of pyridine rings is 1. The second kappa shape index (κ2) is 8.66. The van der Waals surface area contributed by atoms with E-state index in [1.807, 2.05) is 24.1 Å². The van der Waals surface area contributed by atoms with Crippen LogP contribution in [0.3, 0.4) is 0 Å². The summed E-state index contributed by atoms with van der Waals surface area (Å²) in [5.41, 5.74) is 2.22. The van der Waals surface area contributed by atoms with Gasteiger partial charge in [-0.05, 0) is 43.0 Å². The Labute approximate surface area is 181 Å². The van der Waals surface area contributed by atoms with Crippen molar-refractivity contribution >= 4 is 28.4 Å². The zero-order valence-corrected chi connectivity index (χ0v) is 18.2. The Morgan fingerprint density at radius 3 is 2.60 bits per heavy atom. The summed E-state index contributed by atoms with van der Waals surface area (Å²) < 4.78 is 1.47. The normalized spacial score (nSPS) is 15.6. The molecule has 1 fully saturated rings.